The summed E-state index contributed by atoms with van der Waals surface area (Å²) in [6.07, 6.45) is 0. The van der Waals surface area contributed by atoms with E-state index in [2.05, 4.69) is 10.2 Å². The van der Waals surface area contributed by atoms with E-state index in [1.165, 1.54) is 42.5 Å². The monoisotopic (exact) mass is 412 g/mol. The van der Waals surface area contributed by atoms with Gasteiger partial charge in [0.1, 0.15) is 10.6 Å². The molecule has 0 aromatic heterocycles. The average molecular weight is 412 g/mol. The fraction of sp³-hybridized carbons (Fsp3) is 0. The van der Waals surface area contributed by atoms with E-state index in [-0.39, 0.29) is 47.7 Å². The van der Waals surface area contributed by atoms with Crippen LogP contribution in [0.25, 0.3) is 10.8 Å². The largest absolute Gasteiger partial charge is 1.00 e. The molecule has 0 heterocycles. The van der Waals surface area contributed by atoms with E-state index >= 15 is 0 Å². The number of hydrogen-bond donors (Lipinski definition) is 3. The summed E-state index contributed by atoms with van der Waals surface area (Å²) >= 11 is 0. The molecule has 140 valence electrons. The third-order valence-electron chi connectivity index (χ3n) is 3.68. The number of nitrogens with two attached hydrogens (primary N) is 1. The number of azo groups is 1. The minimum atomic E-state index is -4.71. The summed E-state index contributed by atoms with van der Waals surface area (Å²) in [5.41, 5.74) is 5.55. The van der Waals surface area contributed by atoms with Crippen LogP contribution in [0.4, 0.5) is 22.7 Å². The number of nitro groups is 1. The molecule has 0 unspecified atom stereocenters. The number of benzene rings is 3. The third kappa shape index (κ3) is 4.46. The second-order valence-electron chi connectivity index (χ2n) is 5.50. The van der Waals surface area contributed by atoms with E-state index in [4.69, 9.17) is 5.73 Å². The Labute approximate surface area is 182 Å². The molecule has 0 aliphatic heterocycles. The molecule has 0 saturated carbocycles. The van der Waals surface area contributed by atoms with Gasteiger partial charge in [0.15, 0.2) is 5.75 Å². The van der Waals surface area contributed by atoms with E-state index in [0.29, 0.717) is 11.1 Å². The molecule has 0 fully saturated rings. The fourth-order valence-corrected chi connectivity index (χ4v) is 3.06. The summed E-state index contributed by atoms with van der Waals surface area (Å²) in [5, 5.41) is 29.1. The molecule has 3 aromatic rings. The molecule has 0 radical (unpaired) electrons. The van der Waals surface area contributed by atoms with Gasteiger partial charge in [-0.05, 0) is 35.7 Å². The number of nitrogens with zero attached hydrogens (tertiary/aromatic N) is 3. The van der Waals surface area contributed by atoms with Crippen molar-refractivity contribution >= 4 is 43.6 Å². The van der Waals surface area contributed by atoms with E-state index < -0.39 is 31.4 Å². The van der Waals surface area contributed by atoms with Crippen LogP contribution in [0.2, 0.25) is 0 Å². The molecule has 28 heavy (non-hydrogen) atoms. The Morgan fingerprint density at radius 2 is 1.71 bits per heavy atom. The van der Waals surface area contributed by atoms with Gasteiger partial charge >= 0.3 is 29.6 Å². The molecule has 12 heteroatoms. The number of rotatable bonds is 4. The normalized spacial score (nSPS) is 11.5. The number of phenols is 1. The van der Waals surface area contributed by atoms with Crippen molar-refractivity contribution < 1.29 is 54.0 Å². The van der Waals surface area contributed by atoms with E-state index in [1.54, 1.807) is 0 Å². The van der Waals surface area contributed by atoms with Gasteiger partial charge in [-0.1, -0.05) is 6.07 Å². The summed E-state index contributed by atoms with van der Waals surface area (Å²) in [4.78, 5) is 9.43. The number of fused-ring (bicyclic) bond motifs is 1. The summed E-state index contributed by atoms with van der Waals surface area (Å²) in [5.74, 6) is -0.530. The van der Waals surface area contributed by atoms with Crippen LogP contribution in [0, 0.1) is 10.1 Å². The Bertz CT molecular complexity index is 1200. The van der Waals surface area contributed by atoms with Crippen LogP contribution in [0.3, 0.4) is 0 Å². The molecular formula is C16H13N4NaO6S. The summed E-state index contributed by atoms with van der Waals surface area (Å²) in [7, 11) is -4.71. The van der Waals surface area contributed by atoms with Crippen molar-refractivity contribution in [3.8, 4) is 5.75 Å². The van der Waals surface area contributed by atoms with Gasteiger partial charge in [-0.15, -0.1) is 5.11 Å². The van der Waals surface area contributed by atoms with E-state index in [0.717, 1.165) is 6.07 Å². The van der Waals surface area contributed by atoms with Crippen molar-refractivity contribution in [1.29, 1.82) is 0 Å². The van der Waals surface area contributed by atoms with Crippen LogP contribution in [-0.4, -0.2) is 23.0 Å². The Balaban J connectivity index is 0.00000210. The predicted octanol–water partition coefficient (Wildman–Crippen LogP) is 0.814. The Hall–Kier alpha value is -2.57. The van der Waals surface area contributed by atoms with Crippen LogP contribution in [0.5, 0.6) is 5.75 Å². The van der Waals surface area contributed by atoms with E-state index in [1.807, 2.05) is 0 Å². The second-order valence-corrected chi connectivity index (χ2v) is 6.89. The molecule has 3 rings (SSSR count). The first kappa shape index (κ1) is 21.7. The van der Waals surface area contributed by atoms with Gasteiger partial charge in [0, 0.05) is 23.2 Å². The first-order valence-corrected chi connectivity index (χ1v) is 8.80. The number of aromatic hydroxyl groups is 1. The van der Waals surface area contributed by atoms with Crippen molar-refractivity contribution in [2.75, 3.05) is 5.73 Å². The molecule has 0 aliphatic carbocycles. The minimum absolute atomic E-state index is 0. The van der Waals surface area contributed by atoms with Gasteiger partial charge in [-0.2, -0.15) is 13.5 Å². The topological polar surface area (TPSA) is 168 Å². The molecule has 0 spiro atoms. The molecule has 0 bridgehead atoms. The van der Waals surface area contributed by atoms with Gasteiger partial charge in [-0.25, -0.2) is 0 Å². The maximum atomic E-state index is 11.7. The Morgan fingerprint density at radius 3 is 2.29 bits per heavy atom. The SMILES string of the molecule is Nc1ccc2cc(S(=O)(=O)O)c(N=Nc3ccc([N+](=O)[O-])cc3)c(O)c2c1.[H-].[Na+]. The van der Waals surface area contributed by atoms with Gasteiger partial charge in [-0.3, -0.25) is 14.7 Å². The van der Waals surface area contributed by atoms with Gasteiger partial charge in [0.05, 0.1) is 10.6 Å². The number of hydrogen-bond acceptors (Lipinski definition) is 8. The third-order valence-corrected chi connectivity index (χ3v) is 4.55. The molecule has 0 saturated heterocycles. The van der Waals surface area contributed by atoms with Gasteiger partial charge < -0.3 is 12.3 Å². The average Bonchev–Trinajstić information content (AvgIpc) is 2.60. The summed E-state index contributed by atoms with van der Waals surface area (Å²) in [6, 6.07) is 10.5. The van der Waals surface area contributed by atoms with Crippen LogP contribution in [-0.2, 0) is 10.1 Å². The summed E-state index contributed by atoms with van der Waals surface area (Å²) in [6.45, 7) is 0. The van der Waals surface area contributed by atoms with Gasteiger partial charge in [0.2, 0.25) is 0 Å². The number of non-ortho nitro benzene ring substituents is 1. The Morgan fingerprint density at radius 1 is 1.07 bits per heavy atom. The molecule has 0 atom stereocenters. The van der Waals surface area contributed by atoms with Crippen molar-refractivity contribution in [3.63, 3.8) is 0 Å². The van der Waals surface area contributed by atoms with Crippen molar-refractivity contribution in [3.05, 3.63) is 58.6 Å². The molecule has 10 nitrogen and oxygen atoms in total. The quantitative estimate of drug-likeness (QED) is 0.142. The van der Waals surface area contributed by atoms with Crippen molar-refractivity contribution in [1.82, 2.24) is 0 Å². The number of nitrogen functional groups attached to an aromatic ring is 1. The molecular weight excluding hydrogens is 399 g/mol. The molecule has 0 amide bonds. The standard InChI is InChI=1S/C16H12N4O6S.Na.H/c17-10-2-1-9-7-14(27(24,25)26)15(16(21)13(9)8-10)19-18-11-3-5-12(6-4-11)20(22)23;;/h1-8,21H,17H2,(H,24,25,26);;/q;+1;-1. The minimum Gasteiger partial charge on any atom is -1.00 e. The van der Waals surface area contributed by atoms with Crippen LogP contribution >= 0.6 is 0 Å². The molecule has 4 N–H and O–H groups in total. The fourth-order valence-electron chi connectivity index (χ4n) is 2.40. The zero-order valence-electron chi connectivity index (χ0n) is 15.5. The summed E-state index contributed by atoms with van der Waals surface area (Å²) < 4.78 is 32.8. The maximum absolute atomic E-state index is 11.7. The maximum Gasteiger partial charge on any atom is 1.00 e. The first-order valence-electron chi connectivity index (χ1n) is 7.36. The number of phenolic OH excluding ortho intramolecular Hbond substituents is 1. The van der Waals surface area contributed by atoms with Crippen molar-refractivity contribution in [2.45, 2.75) is 4.90 Å². The zero-order valence-corrected chi connectivity index (χ0v) is 17.3. The van der Waals surface area contributed by atoms with Crippen molar-refractivity contribution in [2.24, 2.45) is 10.2 Å². The predicted molar refractivity (Wildman–Crippen MR) is 98.2 cm³/mol. The smallest absolute Gasteiger partial charge is 1.00 e. The first-order chi connectivity index (χ1) is 12.7. The molecule has 0 aliphatic rings. The van der Waals surface area contributed by atoms with Crippen LogP contribution in [0.1, 0.15) is 1.43 Å². The van der Waals surface area contributed by atoms with E-state index in [9.17, 15) is 28.2 Å². The Kier molecular flexibility index (Phi) is 6.37. The second kappa shape index (κ2) is 8.20. The van der Waals surface area contributed by atoms with Crippen LogP contribution < -0.4 is 35.3 Å². The zero-order chi connectivity index (χ0) is 19.8. The number of nitro benzene ring substituents is 1. The van der Waals surface area contributed by atoms with Gasteiger partial charge in [0.25, 0.3) is 15.8 Å². The molecule has 3 aromatic carbocycles. The van der Waals surface area contributed by atoms with Crippen LogP contribution in [0.15, 0.2) is 63.7 Å². The number of anilines is 1.